The Morgan fingerprint density at radius 2 is 2.00 bits per heavy atom. The van der Waals surface area contributed by atoms with Crippen molar-refractivity contribution in [2.75, 3.05) is 25.0 Å². The summed E-state index contributed by atoms with van der Waals surface area (Å²) in [4.78, 5) is 56.9. The molecule has 2 fully saturated rings. The number of anilines is 1. The van der Waals surface area contributed by atoms with E-state index in [1.165, 1.54) is 0 Å². The van der Waals surface area contributed by atoms with Crippen molar-refractivity contribution in [2.24, 2.45) is 17.1 Å². The lowest BCUT2D eigenvalue weighted by Gasteiger charge is -2.59. The van der Waals surface area contributed by atoms with Gasteiger partial charge in [0.25, 0.3) is 0 Å². The number of hydrogen-bond donors (Lipinski definition) is 5. The Labute approximate surface area is 198 Å². The maximum atomic E-state index is 13.1. The average Bonchev–Trinajstić information content (AvgIpc) is 3.15. The van der Waals surface area contributed by atoms with Crippen LogP contribution in [0.5, 0.6) is 0 Å². The molecule has 0 bridgehead atoms. The first-order valence-corrected chi connectivity index (χ1v) is 11.6. The number of nitrogens with one attached hydrogen (secondary N) is 4. The topological polar surface area (TPSA) is 172 Å². The molecule has 1 atom stereocenters. The number of carbonyl (C=O) groups excluding carboxylic acids is 4. The zero-order valence-electron chi connectivity index (χ0n) is 20.0. The lowest BCUT2D eigenvalue weighted by Crippen LogP contribution is -2.66. The smallest absolute Gasteiger partial charge is 0.408 e. The molecule has 2 heterocycles. The second-order valence-corrected chi connectivity index (χ2v) is 10.3. The number of likely N-dealkylation sites (tertiary alicyclic amines) is 1. The van der Waals surface area contributed by atoms with Crippen molar-refractivity contribution in [3.8, 4) is 0 Å². The first-order chi connectivity index (χ1) is 15.9. The van der Waals surface area contributed by atoms with Crippen LogP contribution >= 0.6 is 0 Å². The Hall–Kier alpha value is -3.31. The molecule has 0 aromatic carbocycles. The Morgan fingerprint density at radius 3 is 2.59 bits per heavy atom. The van der Waals surface area contributed by atoms with E-state index in [1.807, 2.05) is 0 Å². The van der Waals surface area contributed by atoms with E-state index in [4.69, 9.17) is 10.5 Å². The molecule has 12 nitrogen and oxygen atoms in total. The molecule has 12 heteroatoms. The molecule has 6 N–H and O–H groups in total. The van der Waals surface area contributed by atoms with E-state index >= 15 is 0 Å². The highest BCUT2D eigenvalue weighted by atomic mass is 16.6. The van der Waals surface area contributed by atoms with Gasteiger partial charge < -0.3 is 31.0 Å². The second kappa shape index (κ2) is 10.3. The number of imidazole rings is 1. The van der Waals surface area contributed by atoms with E-state index in [9.17, 15) is 19.2 Å². The molecule has 1 aromatic rings. The summed E-state index contributed by atoms with van der Waals surface area (Å²) >= 11 is 0. The molecule has 1 unspecified atom stereocenters. The molecule has 5 amide bonds. The molecule has 188 valence electrons. The van der Waals surface area contributed by atoms with Crippen LogP contribution in [0.25, 0.3) is 0 Å². The third kappa shape index (κ3) is 7.09. The minimum atomic E-state index is -0.753. The van der Waals surface area contributed by atoms with E-state index in [0.717, 1.165) is 12.8 Å². The number of primary amides is 1. The molecule has 1 aliphatic carbocycles. The van der Waals surface area contributed by atoms with Crippen molar-refractivity contribution in [1.82, 2.24) is 25.5 Å². The van der Waals surface area contributed by atoms with Gasteiger partial charge in [0.1, 0.15) is 11.6 Å². The number of nitrogens with zero attached hydrogens (tertiary/aromatic N) is 2. The zero-order chi connectivity index (χ0) is 24.9. The first kappa shape index (κ1) is 25.3. The molecule has 2 aliphatic rings. The predicted octanol–water partition coefficient (Wildman–Crippen LogP) is 1.32. The fourth-order valence-electron chi connectivity index (χ4n) is 4.71. The van der Waals surface area contributed by atoms with Gasteiger partial charge in [0.2, 0.25) is 17.8 Å². The summed E-state index contributed by atoms with van der Waals surface area (Å²) in [6.07, 6.45) is 5.57. The predicted molar refractivity (Wildman–Crippen MR) is 124 cm³/mol. The maximum Gasteiger partial charge on any atom is 0.408 e. The molecule has 0 radical (unpaired) electrons. The van der Waals surface area contributed by atoms with Crippen molar-refractivity contribution in [3.63, 3.8) is 0 Å². The average molecular weight is 478 g/mol. The number of alkyl carbamates (subject to hydrolysis) is 1. The van der Waals surface area contributed by atoms with Gasteiger partial charge >= 0.3 is 12.1 Å². The summed E-state index contributed by atoms with van der Waals surface area (Å²) in [6, 6.07) is -1.39. The van der Waals surface area contributed by atoms with E-state index < -0.39 is 23.8 Å². The quantitative estimate of drug-likeness (QED) is 0.336. The van der Waals surface area contributed by atoms with E-state index in [2.05, 4.69) is 25.9 Å². The number of aromatic nitrogens is 2. The summed E-state index contributed by atoms with van der Waals surface area (Å²) in [5.74, 6) is 0.472. The van der Waals surface area contributed by atoms with Crippen LogP contribution in [0.15, 0.2) is 12.4 Å². The van der Waals surface area contributed by atoms with Gasteiger partial charge in [-0.3, -0.25) is 14.9 Å². The third-order valence-corrected chi connectivity index (χ3v) is 6.00. The van der Waals surface area contributed by atoms with E-state index in [0.29, 0.717) is 44.8 Å². The lowest BCUT2D eigenvalue weighted by molar-refractivity contribution is -0.158. The number of aromatic amines is 1. The van der Waals surface area contributed by atoms with Crippen LogP contribution in [0.1, 0.15) is 52.9 Å². The molecule has 1 aliphatic heterocycles. The molecular formula is C22H35N7O5. The minimum absolute atomic E-state index is 0.0509. The number of urea groups is 1. The molecule has 3 rings (SSSR count). The number of amides is 5. The fourth-order valence-corrected chi connectivity index (χ4v) is 4.71. The summed E-state index contributed by atoms with van der Waals surface area (Å²) in [5, 5.41) is 7.89. The first-order valence-electron chi connectivity index (χ1n) is 11.6. The van der Waals surface area contributed by atoms with Crippen LogP contribution < -0.4 is 21.7 Å². The lowest BCUT2D eigenvalue weighted by atomic mass is 9.57. The van der Waals surface area contributed by atoms with Crippen molar-refractivity contribution in [3.05, 3.63) is 12.4 Å². The standard InChI is InChI=1S/C22H35N7O5/c1-21(2,3)34-20(33)27-15(5-4-6-24-18(23)32)17(31)29-12-22(13-29)10-14(11-22)9-16(30)28-19-25-7-8-26-19/h7-8,14-15H,4-6,9-13H2,1-3H3,(H,27,33)(H3,23,24,32)(H2,25,26,28,30). The second-order valence-electron chi connectivity index (χ2n) is 10.3. The monoisotopic (exact) mass is 477 g/mol. The van der Waals surface area contributed by atoms with E-state index in [-0.39, 0.29) is 23.1 Å². The zero-order valence-corrected chi connectivity index (χ0v) is 20.0. The number of rotatable bonds is 9. The van der Waals surface area contributed by atoms with Crippen LogP contribution in [0.3, 0.4) is 0 Å². The number of hydrogen-bond acceptors (Lipinski definition) is 6. The van der Waals surface area contributed by atoms with Crippen molar-refractivity contribution < 1.29 is 23.9 Å². The minimum Gasteiger partial charge on any atom is -0.444 e. The molecule has 1 aromatic heterocycles. The Bertz CT molecular complexity index is 882. The Balaban J connectivity index is 1.45. The largest absolute Gasteiger partial charge is 0.444 e. The van der Waals surface area contributed by atoms with Crippen LogP contribution in [0, 0.1) is 11.3 Å². The van der Waals surface area contributed by atoms with Crippen molar-refractivity contribution >= 4 is 29.9 Å². The normalized spacial score (nSPS) is 17.8. The van der Waals surface area contributed by atoms with Gasteiger partial charge in [-0.25, -0.2) is 14.6 Å². The van der Waals surface area contributed by atoms with Crippen molar-refractivity contribution in [2.45, 2.75) is 64.5 Å². The Kier molecular flexibility index (Phi) is 7.68. The Morgan fingerprint density at radius 1 is 1.29 bits per heavy atom. The van der Waals surface area contributed by atoms with Gasteiger partial charge in [0, 0.05) is 43.9 Å². The maximum absolute atomic E-state index is 13.1. The van der Waals surface area contributed by atoms with E-state index in [1.54, 1.807) is 38.1 Å². The number of ether oxygens (including phenoxy) is 1. The molecule has 34 heavy (non-hydrogen) atoms. The molecule has 1 saturated heterocycles. The molecular weight excluding hydrogens is 442 g/mol. The van der Waals surface area contributed by atoms with Gasteiger partial charge in [0.05, 0.1) is 0 Å². The van der Waals surface area contributed by atoms with Gasteiger partial charge in [-0.1, -0.05) is 0 Å². The summed E-state index contributed by atoms with van der Waals surface area (Å²) in [6.45, 7) is 6.77. The van der Waals surface area contributed by atoms with Crippen LogP contribution in [-0.4, -0.2) is 70.1 Å². The highest BCUT2D eigenvalue weighted by Crippen LogP contribution is 2.53. The number of nitrogens with two attached hydrogens (primary N) is 1. The van der Waals surface area contributed by atoms with Gasteiger partial charge in [-0.2, -0.15) is 0 Å². The SMILES string of the molecule is CC(C)(C)OC(=O)NC(CCCNC(N)=O)C(=O)N1CC2(CC(CC(=O)Nc3ncc[nH]3)C2)C1. The summed E-state index contributed by atoms with van der Waals surface area (Å²) < 4.78 is 5.30. The number of H-pyrrole nitrogens is 1. The molecule has 1 saturated carbocycles. The van der Waals surface area contributed by atoms with Crippen LogP contribution in [-0.2, 0) is 14.3 Å². The number of carbonyl (C=O) groups is 4. The van der Waals surface area contributed by atoms with Gasteiger partial charge in [0.15, 0.2) is 0 Å². The molecule has 1 spiro atoms. The van der Waals surface area contributed by atoms with Crippen LogP contribution in [0.2, 0.25) is 0 Å². The summed E-state index contributed by atoms with van der Waals surface area (Å²) in [7, 11) is 0. The highest BCUT2D eigenvalue weighted by molar-refractivity contribution is 5.89. The van der Waals surface area contributed by atoms with Gasteiger partial charge in [-0.05, 0) is 52.4 Å². The summed E-state index contributed by atoms with van der Waals surface area (Å²) in [5.41, 5.74) is 4.45. The highest BCUT2D eigenvalue weighted by Gasteiger charge is 2.54. The van der Waals surface area contributed by atoms with Crippen LogP contribution in [0.4, 0.5) is 15.5 Å². The third-order valence-electron chi connectivity index (χ3n) is 6.00. The van der Waals surface area contributed by atoms with Gasteiger partial charge in [-0.15, -0.1) is 0 Å². The van der Waals surface area contributed by atoms with Crippen molar-refractivity contribution in [1.29, 1.82) is 0 Å². The fraction of sp³-hybridized carbons (Fsp3) is 0.682.